The summed E-state index contributed by atoms with van der Waals surface area (Å²) in [5.74, 6) is 0.796. The quantitative estimate of drug-likeness (QED) is 0.461. The van der Waals surface area contributed by atoms with Crippen LogP contribution >= 0.6 is 0 Å². The lowest BCUT2D eigenvalue weighted by Gasteiger charge is -2.42. The summed E-state index contributed by atoms with van der Waals surface area (Å²) < 4.78 is 0. The van der Waals surface area contributed by atoms with Crippen LogP contribution in [0.4, 0.5) is 4.79 Å². The highest BCUT2D eigenvalue weighted by atomic mass is 16.2. The highest BCUT2D eigenvalue weighted by Gasteiger charge is 2.55. The molecule has 2 unspecified atom stereocenters. The molecule has 35 heavy (non-hydrogen) atoms. The zero-order chi connectivity index (χ0) is 24.1. The molecule has 1 aromatic carbocycles. The van der Waals surface area contributed by atoms with E-state index in [1.54, 1.807) is 6.20 Å². The fourth-order valence-corrected chi connectivity index (χ4v) is 6.07. The van der Waals surface area contributed by atoms with Gasteiger partial charge in [0.25, 0.3) is 5.91 Å². The lowest BCUT2D eigenvalue weighted by atomic mass is 9.73. The summed E-state index contributed by atoms with van der Waals surface area (Å²) in [5, 5.41) is 3.21. The standard InChI is InChI=1S/C29H36N4O2/c34-27-29(21-23-9-3-1-4-10-23,31-28(35)33(27)20-16-26-13-7-8-17-30-26)25-14-18-32(19-15-25)22-24-11-5-2-6-12-24/h1-5,7-10,13,17,24-25H,6,11-12,14-16,18-22H2,(H,31,35). The van der Waals surface area contributed by atoms with E-state index in [4.69, 9.17) is 0 Å². The van der Waals surface area contributed by atoms with E-state index in [9.17, 15) is 9.59 Å². The number of hydrogen-bond acceptors (Lipinski definition) is 4. The molecule has 2 aromatic rings. The molecule has 3 amide bonds. The van der Waals surface area contributed by atoms with Crippen LogP contribution in [0.5, 0.6) is 0 Å². The van der Waals surface area contributed by atoms with E-state index in [1.165, 1.54) is 24.2 Å². The van der Waals surface area contributed by atoms with Crippen molar-refractivity contribution in [1.82, 2.24) is 20.1 Å². The van der Waals surface area contributed by atoms with Crippen molar-refractivity contribution >= 4 is 11.9 Å². The van der Waals surface area contributed by atoms with Crippen LogP contribution in [0.25, 0.3) is 0 Å². The first-order valence-corrected chi connectivity index (χ1v) is 13.1. The predicted molar refractivity (Wildman–Crippen MR) is 137 cm³/mol. The van der Waals surface area contributed by atoms with Crippen LogP contribution in [0.3, 0.4) is 0 Å². The average molecular weight is 473 g/mol. The molecule has 6 heteroatoms. The molecule has 2 atom stereocenters. The number of pyridine rings is 1. The van der Waals surface area contributed by atoms with Crippen molar-refractivity contribution in [1.29, 1.82) is 0 Å². The van der Waals surface area contributed by atoms with Crippen LogP contribution in [0.2, 0.25) is 0 Å². The van der Waals surface area contributed by atoms with E-state index in [0.717, 1.165) is 49.7 Å². The second-order valence-corrected chi connectivity index (χ2v) is 10.3. The molecule has 6 nitrogen and oxygen atoms in total. The second-order valence-electron chi connectivity index (χ2n) is 10.3. The van der Waals surface area contributed by atoms with Gasteiger partial charge in [-0.15, -0.1) is 0 Å². The van der Waals surface area contributed by atoms with E-state index in [1.807, 2.05) is 36.4 Å². The topological polar surface area (TPSA) is 65.5 Å². The Labute approximate surface area is 208 Å². The third-order valence-corrected chi connectivity index (χ3v) is 8.02. The molecule has 184 valence electrons. The van der Waals surface area contributed by atoms with Crippen molar-refractivity contribution in [2.45, 2.75) is 50.5 Å². The number of hydrogen-bond donors (Lipinski definition) is 1. The minimum absolute atomic E-state index is 0.0712. The Morgan fingerprint density at radius 3 is 2.49 bits per heavy atom. The SMILES string of the molecule is O=C1NC(Cc2ccccc2)(C2CCN(CC3CC=CCC3)CC2)C(=O)N1CCc1ccccn1. The van der Waals surface area contributed by atoms with Gasteiger partial charge in [0.2, 0.25) is 0 Å². The fourth-order valence-electron chi connectivity index (χ4n) is 6.07. The number of rotatable bonds is 8. The molecule has 0 saturated carbocycles. The molecule has 5 rings (SSSR count). The highest BCUT2D eigenvalue weighted by molar-refractivity contribution is 6.07. The molecular weight excluding hydrogens is 436 g/mol. The van der Waals surface area contributed by atoms with Gasteiger partial charge < -0.3 is 10.2 Å². The van der Waals surface area contributed by atoms with Crippen molar-refractivity contribution in [2.75, 3.05) is 26.2 Å². The number of imide groups is 1. The minimum Gasteiger partial charge on any atom is -0.322 e. The van der Waals surface area contributed by atoms with Gasteiger partial charge in [-0.25, -0.2) is 4.79 Å². The minimum atomic E-state index is -0.873. The number of piperidine rings is 1. The largest absolute Gasteiger partial charge is 0.325 e. The monoisotopic (exact) mass is 472 g/mol. The maximum Gasteiger partial charge on any atom is 0.325 e. The van der Waals surface area contributed by atoms with E-state index < -0.39 is 5.54 Å². The molecule has 0 bridgehead atoms. The molecular formula is C29H36N4O2. The summed E-state index contributed by atoms with van der Waals surface area (Å²) in [4.78, 5) is 35.5. The van der Waals surface area contributed by atoms with Gasteiger partial charge in [0, 0.05) is 37.8 Å². The molecule has 2 saturated heterocycles. The number of urea groups is 1. The number of nitrogens with one attached hydrogen (secondary N) is 1. The third kappa shape index (κ3) is 5.32. The number of carbonyl (C=O) groups is 2. The van der Waals surface area contributed by atoms with Crippen molar-refractivity contribution in [3.8, 4) is 0 Å². The van der Waals surface area contributed by atoms with Gasteiger partial charge in [-0.2, -0.15) is 0 Å². The van der Waals surface area contributed by atoms with E-state index in [2.05, 4.69) is 39.5 Å². The first-order valence-electron chi connectivity index (χ1n) is 13.1. The third-order valence-electron chi connectivity index (χ3n) is 8.02. The number of carbonyl (C=O) groups excluding carboxylic acids is 2. The summed E-state index contributed by atoms with van der Waals surface area (Å²) in [6, 6.07) is 15.6. The van der Waals surface area contributed by atoms with E-state index >= 15 is 0 Å². The molecule has 1 N–H and O–H groups in total. The number of likely N-dealkylation sites (tertiary alicyclic amines) is 1. The van der Waals surface area contributed by atoms with Crippen LogP contribution < -0.4 is 5.32 Å². The van der Waals surface area contributed by atoms with Gasteiger partial charge in [-0.1, -0.05) is 48.6 Å². The first kappa shape index (κ1) is 23.7. The van der Waals surface area contributed by atoms with Gasteiger partial charge in [0.05, 0.1) is 0 Å². The molecule has 0 spiro atoms. The van der Waals surface area contributed by atoms with Crippen LogP contribution in [0.15, 0.2) is 66.9 Å². The zero-order valence-electron chi connectivity index (χ0n) is 20.4. The normalized spacial score (nSPS) is 25.7. The zero-order valence-corrected chi connectivity index (χ0v) is 20.4. The Balaban J connectivity index is 1.31. The number of allylic oxidation sites excluding steroid dienone is 2. The van der Waals surface area contributed by atoms with Gasteiger partial charge >= 0.3 is 6.03 Å². The summed E-state index contributed by atoms with van der Waals surface area (Å²) >= 11 is 0. The van der Waals surface area contributed by atoms with Crippen molar-refractivity contribution < 1.29 is 9.59 Å². The number of amides is 3. The van der Waals surface area contributed by atoms with Crippen molar-refractivity contribution in [3.05, 3.63) is 78.1 Å². The Morgan fingerprint density at radius 2 is 1.77 bits per heavy atom. The summed E-state index contributed by atoms with van der Waals surface area (Å²) in [6.07, 6.45) is 13.0. The Morgan fingerprint density at radius 1 is 0.971 bits per heavy atom. The predicted octanol–water partition coefficient (Wildman–Crippen LogP) is 4.23. The summed E-state index contributed by atoms with van der Waals surface area (Å²) in [7, 11) is 0. The Kier molecular flexibility index (Phi) is 7.28. The fraction of sp³-hybridized carbons (Fsp3) is 0.483. The first-order chi connectivity index (χ1) is 17.1. The van der Waals surface area contributed by atoms with Gasteiger partial charge in [0.15, 0.2) is 0 Å². The Hall–Kier alpha value is -2.99. The molecule has 2 aliphatic heterocycles. The summed E-state index contributed by atoms with van der Waals surface area (Å²) in [5.41, 5.74) is 1.10. The van der Waals surface area contributed by atoms with Gasteiger partial charge in [-0.3, -0.25) is 14.7 Å². The molecule has 3 heterocycles. The van der Waals surface area contributed by atoms with Crippen LogP contribution in [0, 0.1) is 11.8 Å². The summed E-state index contributed by atoms with van der Waals surface area (Å²) in [6.45, 7) is 3.46. The Bertz CT molecular complexity index is 1030. The van der Waals surface area contributed by atoms with Crippen LogP contribution in [-0.2, 0) is 17.6 Å². The highest BCUT2D eigenvalue weighted by Crippen LogP contribution is 2.37. The molecule has 3 aliphatic rings. The number of aromatic nitrogens is 1. The van der Waals surface area contributed by atoms with Crippen molar-refractivity contribution in [3.63, 3.8) is 0 Å². The smallest absolute Gasteiger partial charge is 0.322 e. The van der Waals surface area contributed by atoms with Gasteiger partial charge in [-0.05, 0) is 74.7 Å². The molecule has 1 aromatic heterocycles. The molecule has 0 radical (unpaired) electrons. The lowest BCUT2D eigenvalue weighted by Crippen LogP contribution is -2.57. The second kappa shape index (κ2) is 10.7. The van der Waals surface area contributed by atoms with Crippen molar-refractivity contribution in [2.24, 2.45) is 11.8 Å². The number of nitrogens with zero attached hydrogens (tertiary/aromatic N) is 3. The maximum atomic E-state index is 14.0. The molecule has 2 fully saturated rings. The van der Waals surface area contributed by atoms with E-state index in [0.29, 0.717) is 19.4 Å². The van der Waals surface area contributed by atoms with E-state index in [-0.39, 0.29) is 17.9 Å². The van der Waals surface area contributed by atoms with Gasteiger partial charge in [0.1, 0.15) is 5.54 Å². The molecule has 1 aliphatic carbocycles. The van der Waals surface area contributed by atoms with Crippen LogP contribution in [0.1, 0.15) is 43.4 Å². The number of benzene rings is 1. The lowest BCUT2D eigenvalue weighted by molar-refractivity contribution is -0.134. The maximum absolute atomic E-state index is 14.0. The average Bonchev–Trinajstić information content (AvgIpc) is 3.14. The van der Waals surface area contributed by atoms with Crippen LogP contribution in [-0.4, -0.2) is 58.4 Å².